The molecule has 4 rings (SSSR count). The van der Waals surface area contributed by atoms with Crippen LogP contribution in [0.1, 0.15) is 31.8 Å². The van der Waals surface area contributed by atoms with Gasteiger partial charge >= 0.3 is 0 Å². The molecule has 1 atom stereocenters. The summed E-state index contributed by atoms with van der Waals surface area (Å²) in [5.74, 6) is -2.36. The van der Waals surface area contributed by atoms with Crippen LogP contribution in [0.25, 0.3) is 6.08 Å². The number of methoxy groups -OCH3 is 1. The maximum Gasteiger partial charge on any atom is 0.251 e. The highest BCUT2D eigenvalue weighted by molar-refractivity contribution is 7.91. The average molecular weight is 468 g/mol. The van der Waals surface area contributed by atoms with Crippen molar-refractivity contribution in [2.45, 2.75) is 6.54 Å². The largest absolute Gasteiger partial charge is 0.497 e. The molecule has 0 spiro atoms. The average Bonchev–Trinajstić information content (AvgIpc) is 2.82. The molecule has 1 aliphatic rings. The Morgan fingerprint density at radius 1 is 1.06 bits per heavy atom. The third kappa shape index (κ3) is 4.83. The molecule has 0 saturated heterocycles. The van der Waals surface area contributed by atoms with Gasteiger partial charge in [0.15, 0.2) is 22.6 Å². The Kier molecular flexibility index (Phi) is 6.32. The maximum absolute atomic E-state index is 13.5. The predicted octanol–water partition coefficient (Wildman–Crippen LogP) is 4.22. The van der Waals surface area contributed by atoms with Gasteiger partial charge in [0.2, 0.25) is 5.78 Å². The van der Waals surface area contributed by atoms with E-state index < -0.39 is 28.4 Å². The second-order valence-electron chi connectivity index (χ2n) is 7.17. The number of anilines is 1. The number of ether oxygens (including phenoxy) is 1. The molecular weight excluding hydrogens is 450 g/mol. The molecule has 0 bridgehead atoms. The van der Waals surface area contributed by atoms with E-state index in [9.17, 15) is 22.6 Å². The van der Waals surface area contributed by atoms with E-state index >= 15 is 0 Å². The number of rotatable bonds is 5. The fraction of sp³-hybridized carbons (Fsp3) is 0.0833. The first-order chi connectivity index (χ1) is 15.9. The zero-order chi connectivity index (χ0) is 23.5. The van der Waals surface area contributed by atoms with Crippen LogP contribution in [0, 0.1) is 11.6 Å². The molecule has 1 heterocycles. The Morgan fingerprint density at radius 3 is 2.52 bits per heavy atom. The van der Waals surface area contributed by atoms with Crippen molar-refractivity contribution in [3.8, 4) is 5.75 Å². The van der Waals surface area contributed by atoms with Gasteiger partial charge in [-0.15, -0.1) is 0 Å². The van der Waals surface area contributed by atoms with Gasteiger partial charge in [0, 0.05) is 17.7 Å². The molecule has 2 N–H and O–H groups in total. The summed E-state index contributed by atoms with van der Waals surface area (Å²) >= 11 is 0. The Hall–Kier alpha value is -3.85. The van der Waals surface area contributed by atoms with Crippen LogP contribution >= 0.6 is 0 Å². The molecule has 0 saturated carbocycles. The Bertz CT molecular complexity index is 1310. The molecule has 3 aromatic carbocycles. The quantitative estimate of drug-likeness (QED) is 0.550. The van der Waals surface area contributed by atoms with Crippen LogP contribution in [0.15, 0.2) is 65.6 Å². The summed E-state index contributed by atoms with van der Waals surface area (Å²) in [5, 5.41) is 2.78. The van der Waals surface area contributed by atoms with Gasteiger partial charge in [-0.25, -0.2) is 13.0 Å². The van der Waals surface area contributed by atoms with Crippen molar-refractivity contribution in [1.29, 1.82) is 0 Å². The van der Waals surface area contributed by atoms with E-state index in [1.54, 1.807) is 19.2 Å². The molecule has 168 valence electrons. The van der Waals surface area contributed by atoms with Crippen molar-refractivity contribution in [2.75, 3.05) is 11.8 Å². The Morgan fingerprint density at radius 2 is 1.82 bits per heavy atom. The summed E-state index contributed by atoms with van der Waals surface area (Å²) in [5.41, 5.74) is 1.77. The lowest BCUT2D eigenvalue weighted by molar-refractivity contribution is 0.0951. The van der Waals surface area contributed by atoms with E-state index in [-0.39, 0.29) is 34.0 Å². The van der Waals surface area contributed by atoms with E-state index in [1.165, 1.54) is 30.3 Å². The zero-order valence-electron chi connectivity index (χ0n) is 17.4. The van der Waals surface area contributed by atoms with Crippen LogP contribution in [-0.4, -0.2) is 23.0 Å². The van der Waals surface area contributed by atoms with Gasteiger partial charge in [-0.05, 0) is 59.7 Å². The molecule has 0 aromatic heterocycles. The van der Waals surface area contributed by atoms with Crippen molar-refractivity contribution >= 4 is 34.4 Å². The third-order valence-electron chi connectivity index (χ3n) is 5.01. The lowest BCUT2D eigenvalue weighted by Gasteiger charge is -2.19. The lowest BCUT2D eigenvalue weighted by atomic mass is 10.0. The van der Waals surface area contributed by atoms with Crippen LogP contribution in [0.3, 0.4) is 0 Å². The number of amides is 1. The molecule has 1 aliphatic heterocycles. The predicted molar refractivity (Wildman–Crippen MR) is 121 cm³/mol. The summed E-state index contributed by atoms with van der Waals surface area (Å²) in [4.78, 5) is 25.5. The third-order valence-corrected chi connectivity index (χ3v) is 6.11. The summed E-state index contributed by atoms with van der Waals surface area (Å²) in [7, 11) is -0.329. The number of nitrogens with one attached hydrogen (secondary N) is 2. The van der Waals surface area contributed by atoms with Crippen LogP contribution < -0.4 is 14.8 Å². The van der Waals surface area contributed by atoms with Crippen LogP contribution in [0.4, 0.5) is 14.5 Å². The Labute approximate surface area is 190 Å². The van der Waals surface area contributed by atoms with Gasteiger partial charge in [-0.3, -0.25) is 9.59 Å². The number of fused-ring (bicyclic) bond motifs is 1. The maximum atomic E-state index is 13.5. The molecule has 1 unspecified atom stereocenters. The van der Waals surface area contributed by atoms with E-state index in [0.29, 0.717) is 11.4 Å². The summed E-state index contributed by atoms with van der Waals surface area (Å²) in [6.07, 6.45) is 1.23. The molecule has 33 heavy (non-hydrogen) atoms. The van der Waals surface area contributed by atoms with Crippen molar-refractivity contribution in [2.24, 2.45) is 0 Å². The molecule has 6 nitrogen and oxygen atoms in total. The second-order valence-corrected chi connectivity index (χ2v) is 8.35. The fourth-order valence-electron chi connectivity index (χ4n) is 3.23. The van der Waals surface area contributed by atoms with Crippen LogP contribution in [0.2, 0.25) is 0 Å². The Balaban J connectivity index is 1.55. The minimum atomic E-state index is -1.90. The van der Waals surface area contributed by atoms with Crippen molar-refractivity contribution in [3.63, 3.8) is 0 Å². The number of carbonyl (C=O) groups excluding carboxylic acids is 2. The minimum Gasteiger partial charge on any atom is -0.497 e. The highest BCUT2D eigenvalue weighted by Crippen LogP contribution is 2.30. The highest BCUT2D eigenvalue weighted by atomic mass is 32.2. The topological polar surface area (TPSA) is 84.5 Å². The van der Waals surface area contributed by atoms with Gasteiger partial charge < -0.3 is 14.8 Å². The number of allylic oxidation sites excluding steroid dienone is 1. The smallest absolute Gasteiger partial charge is 0.251 e. The number of carbonyl (C=O) groups is 2. The van der Waals surface area contributed by atoms with E-state index in [2.05, 4.69) is 10.0 Å². The molecule has 3 aromatic rings. The van der Waals surface area contributed by atoms with Crippen molar-refractivity contribution in [3.05, 3.63) is 99.5 Å². The van der Waals surface area contributed by atoms with E-state index in [1.807, 2.05) is 12.1 Å². The second kappa shape index (κ2) is 9.33. The molecular formula is C24H18F2N2O4S. The normalized spacial score (nSPS) is 16.2. The van der Waals surface area contributed by atoms with Crippen molar-refractivity contribution < 1.29 is 27.3 Å². The number of ketones is 1. The summed E-state index contributed by atoms with van der Waals surface area (Å²) in [6.45, 7) is 0.275. The molecule has 1 amide bonds. The number of hydrogen-bond donors (Lipinski definition) is 2. The first kappa shape index (κ1) is 22.3. The van der Waals surface area contributed by atoms with Gasteiger partial charge in [0.05, 0.1) is 12.8 Å². The monoisotopic (exact) mass is 468 g/mol. The van der Waals surface area contributed by atoms with Crippen LogP contribution in [0.5, 0.6) is 5.75 Å². The van der Waals surface area contributed by atoms with Crippen LogP contribution in [-0.2, 0) is 17.5 Å². The summed E-state index contributed by atoms with van der Waals surface area (Å²) in [6, 6.07) is 14.7. The van der Waals surface area contributed by atoms with Gasteiger partial charge in [0.1, 0.15) is 10.7 Å². The minimum absolute atomic E-state index is 0.135. The zero-order valence-corrected chi connectivity index (χ0v) is 18.2. The van der Waals surface area contributed by atoms with E-state index in [0.717, 1.165) is 17.7 Å². The first-order valence-electron chi connectivity index (χ1n) is 9.81. The standard InChI is InChI=1S/C24H18F2N2O4S/c1-32-17-6-2-14(3-7-17)13-27-24(30)16-5-9-21-18(12-16)23(29)22(33(31)28-21)11-15-4-8-19(25)20(26)10-15/h2-12,28H,13H2,1H3,(H,27,30)/b22-11-. The van der Waals surface area contributed by atoms with Crippen molar-refractivity contribution in [1.82, 2.24) is 5.32 Å². The lowest BCUT2D eigenvalue weighted by Crippen LogP contribution is -2.25. The van der Waals surface area contributed by atoms with Gasteiger partial charge in [-0.1, -0.05) is 18.2 Å². The molecule has 0 radical (unpaired) electrons. The number of Topliss-reactive ketones (excluding diaryl/α,β-unsaturated/α-hetero) is 1. The van der Waals surface area contributed by atoms with E-state index in [4.69, 9.17) is 4.74 Å². The molecule has 9 heteroatoms. The highest BCUT2D eigenvalue weighted by Gasteiger charge is 2.28. The first-order valence-corrected chi connectivity index (χ1v) is 11.0. The molecule has 0 fully saturated rings. The fourth-order valence-corrected chi connectivity index (χ4v) is 4.24. The number of hydrogen-bond acceptors (Lipinski definition) is 4. The molecule has 0 aliphatic carbocycles. The SMILES string of the molecule is COc1ccc(CNC(=O)c2ccc3c(c2)C(=O)/C(=C/c2ccc(F)c(F)c2)S(=O)N3)cc1. The number of halogens is 2. The number of benzene rings is 3. The summed E-state index contributed by atoms with van der Waals surface area (Å²) < 4.78 is 47.0. The van der Waals surface area contributed by atoms with Gasteiger partial charge in [0.25, 0.3) is 5.91 Å². The van der Waals surface area contributed by atoms with Gasteiger partial charge in [-0.2, -0.15) is 0 Å².